The Morgan fingerprint density at radius 2 is 2.00 bits per heavy atom. The average Bonchev–Trinajstić information content (AvgIpc) is 3.53. The molecule has 2 heterocycles. The van der Waals surface area contributed by atoms with Gasteiger partial charge < -0.3 is 19.7 Å². The second-order valence-electron chi connectivity index (χ2n) is 8.22. The Morgan fingerprint density at radius 3 is 2.59 bits per heavy atom. The monoisotopic (exact) mass is 402 g/mol. The van der Waals surface area contributed by atoms with Gasteiger partial charge in [-0.15, -0.1) is 0 Å². The van der Waals surface area contributed by atoms with Crippen molar-refractivity contribution in [1.29, 1.82) is 0 Å². The molecule has 0 amide bonds. The van der Waals surface area contributed by atoms with Crippen LogP contribution in [0.4, 0.5) is 10.1 Å². The zero-order valence-corrected chi connectivity index (χ0v) is 16.8. The molecule has 29 heavy (non-hydrogen) atoms. The van der Waals surface area contributed by atoms with Gasteiger partial charge in [-0.1, -0.05) is 13.8 Å². The number of rotatable bonds is 5. The van der Waals surface area contributed by atoms with E-state index in [1.807, 2.05) is 23.3 Å². The Bertz CT molecular complexity index is 1030. The fourth-order valence-corrected chi connectivity index (χ4v) is 4.65. The molecule has 2 N–H and O–H groups in total. The number of halogens is 1. The number of carbonyl (C=O) groups is 1. The van der Waals surface area contributed by atoms with Gasteiger partial charge in [0.15, 0.2) is 0 Å². The summed E-state index contributed by atoms with van der Waals surface area (Å²) in [6, 6.07) is 1.36. The first-order chi connectivity index (χ1) is 13.9. The van der Waals surface area contributed by atoms with Gasteiger partial charge in [-0.2, -0.15) is 0 Å². The minimum absolute atomic E-state index is 0.0727. The summed E-state index contributed by atoms with van der Waals surface area (Å²) in [6.07, 6.45) is 4.79. The summed E-state index contributed by atoms with van der Waals surface area (Å²) in [5, 5.41) is 19.8. The molecule has 0 radical (unpaired) electrons. The third-order valence-corrected chi connectivity index (χ3v) is 6.40. The first-order valence-corrected chi connectivity index (χ1v) is 10.4. The van der Waals surface area contributed by atoms with Gasteiger partial charge in [0.1, 0.15) is 11.4 Å². The van der Waals surface area contributed by atoms with E-state index in [0.717, 1.165) is 24.8 Å². The first-order valence-electron chi connectivity index (χ1n) is 10.4. The highest BCUT2D eigenvalue weighted by Gasteiger charge is 2.32. The van der Waals surface area contributed by atoms with Crippen LogP contribution in [-0.2, 0) is 6.42 Å². The maximum atomic E-state index is 15.3. The molecule has 0 bridgehead atoms. The Balaban J connectivity index is 1.97. The highest BCUT2D eigenvalue weighted by molar-refractivity contribution is 5.95. The van der Waals surface area contributed by atoms with Crippen LogP contribution in [0.5, 0.6) is 0 Å². The van der Waals surface area contributed by atoms with E-state index in [-0.39, 0.29) is 29.0 Å². The van der Waals surface area contributed by atoms with Crippen LogP contribution in [0, 0.1) is 11.7 Å². The van der Waals surface area contributed by atoms with Crippen LogP contribution in [0.1, 0.15) is 61.5 Å². The normalized spacial score (nSPS) is 22.3. The smallest absolute Gasteiger partial charge is 0.341 e. The standard InChI is InChI=1S/C22H27FN2O4/c1-3-12-10-24(8-7-18(12)26)20-14(4-2)19-15(9-17(20)23)21(27)16(22(28)29)11-25(19)13-5-6-13/h9,11-13,18,26H,3-8,10H2,1-2H3,(H,28,29)/t12-,18-/m1/s1. The molecule has 156 valence electrons. The van der Waals surface area contributed by atoms with Crippen molar-refractivity contribution in [2.24, 2.45) is 5.92 Å². The van der Waals surface area contributed by atoms with Gasteiger partial charge in [0.2, 0.25) is 5.43 Å². The fraction of sp³-hybridized carbons (Fsp3) is 0.545. The fourth-order valence-electron chi connectivity index (χ4n) is 4.65. The molecule has 2 atom stereocenters. The quantitative estimate of drug-likeness (QED) is 0.802. The lowest BCUT2D eigenvalue weighted by molar-refractivity contribution is 0.0694. The van der Waals surface area contributed by atoms with Crippen molar-refractivity contribution in [2.75, 3.05) is 18.0 Å². The van der Waals surface area contributed by atoms with Gasteiger partial charge in [0.25, 0.3) is 0 Å². The minimum Gasteiger partial charge on any atom is -0.477 e. The summed E-state index contributed by atoms with van der Waals surface area (Å²) >= 11 is 0. The number of aliphatic hydroxyl groups excluding tert-OH is 1. The number of hydrogen-bond acceptors (Lipinski definition) is 4. The molecule has 0 unspecified atom stereocenters. The largest absolute Gasteiger partial charge is 0.477 e. The average molecular weight is 402 g/mol. The maximum absolute atomic E-state index is 15.3. The zero-order valence-electron chi connectivity index (χ0n) is 16.8. The number of hydrogen-bond donors (Lipinski definition) is 2. The van der Waals surface area contributed by atoms with E-state index in [1.165, 1.54) is 12.3 Å². The molecule has 0 spiro atoms. The maximum Gasteiger partial charge on any atom is 0.341 e. The number of fused-ring (bicyclic) bond motifs is 1. The van der Waals surface area contributed by atoms with Crippen molar-refractivity contribution in [3.63, 3.8) is 0 Å². The van der Waals surface area contributed by atoms with Gasteiger partial charge in [-0.25, -0.2) is 9.18 Å². The Labute approximate surface area is 168 Å². The molecule has 1 aliphatic carbocycles. The lowest BCUT2D eigenvalue weighted by Crippen LogP contribution is -2.43. The molecule has 7 heteroatoms. The number of aromatic carboxylic acids is 1. The zero-order chi connectivity index (χ0) is 20.9. The van der Waals surface area contributed by atoms with E-state index >= 15 is 4.39 Å². The van der Waals surface area contributed by atoms with Crippen LogP contribution in [-0.4, -0.2) is 39.9 Å². The Kier molecular flexibility index (Phi) is 5.11. The van der Waals surface area contributed by atoms with Gasteiger partial charge in [-0.3, -0.25) is 4.79 Å². The van der Waals surface area contributed by atoms with Gasteiger partial charge in [-0.05, 0) is 38.2 Å². The van der Waals surface area contributed by atoms with Gasteiger partial charge >= 0.3 is 5.97 Å². The number of piperidine rings is 1. The second kappa shape index (κ2) is 7.44. The number of carboxylic acid groups (broad SMARTS) is 1. The van der Waals surface area contributed by atoms with E-state index in [2.05, 4.69) is 0 Å². The van der Waals surface area contributed by atoms with Crippen LogP contribution in [0.3, 0.4) is 0 Å². The molecule has 1 aromatic heterocycles. The van der Waals surface area contributed by atoms with Crippen LogP contribution >= 0.6 is 0 Å². The summed E-state index contributed by atoms with van der Waals surface area (Å²) in [5.41, 5.74) is 0.936. The number of aromatic nitrogens is 1. The molecule has 1 aliphatic heterocycles. The number of aryl methyl sites for hydroxylation is 1. The minimum atomic E-state index is -1.29. The Morgan fingerprint density at radius 1 is 1.28 bits per heavy atom. The van der Waals surface area contributed by atoms with Crippen LogP contribution in [0.25, 0.3) is 10.9 Å². The lowest BCUT2D eigenvalue weighted by Gasteiger charge is -2.38. The molecular formula is C22H27FN2O4. The number of anilines is 1. The van der Waals surface area contributed by atoms with Crippen molar-refractivity contribution >= 4 is 22.6 Å². The number of benzene rings is 1. The third-order valence-electron chi connectivity index (χ3n) is 6.40. The van der Waals surface area contributed by atoms with Crippen molar-refractivity contribution in [2.45, 2.75) is 58.1 Å². The summed E-state index contributed by atoms with van der Waals surface area (Å²) in [4.78, 5) is 26.4. The van der Waals surface area contributed by atoms with Crippen LogP contribution < -0.4 is 10.3 Å². The van der Waals surface area contributed by atoms with Gasteiger partial charge in [0.05, 0.1) is 17.3 Å². The van der Waals surface area contributed by atoms with Crippen molar-refractivity contribution in [3.8, 4) is 0 Å². The predicted molar refractivity (Wildman–Crippen MR) is 109 cm³/mol. The van der Waals surface area contributed by atoms with Crippen molar-refractivity contribution in [3.05, 3.63) is 39.4 Å². The summed E-state index contributed by atoms with van der Waals surface area (Å²) in [7, 11) is 0. The first kappa shape index (κ1) is 19.9. The lowest BCUT2D eigenvalue weighted by atomic mass is 9.91. The Hall–Kier alpha value is -2.41. The molecule has 4 rings (SSSR count). The molecule has 1 aromatic carbocycles. The van der Waals surface area contributed by atoms with Crippen LogP contribution in [0.2, 0.25) is 0 Å². The highest BCUT2D eigenvalue weighted by atomic mass is 19.1. The molecule has 2 aromatic rings. The third kappa shape index (κ3) is 3.31. The second-order valence-corrected chi connectivity index (χ2v) is 8.22. The SMILES string of the molecule is CCc1c(N2CC[C@@H](O)[C@H](CC)C2)c(F)cc2c(=O)c(C(=O)O)cn(C3CC3)c12. The summed E-state index contributed by atoms with van der Waals surface area (Å²) < 4.78 is 17.2. The predicted octanol–water partition coefficient (Wildman–Crippen LogP) is 3.33. The number of nitrogens with zero attached hydrogens (tertiary/aromatic N) is 2. The molecule has 2 aliphatic rings. The molecule has 2 fully saturated rings. The number of carboxylic acids is 1. The molecule has 1 saturated carbocycles. The van der Waals surface area contributed by atoms with Crippen molar-refractivity contribution < 1.29 is 19.4 Å². The molecular weight excluding hydrogens is 375 g/mol. The van der Waals surface area contributed by atoms with E-state index in [9.17, 15) is 19.8 Å². The van der Waals surface area contributed by atoms with E-state index < -0.39 is 17.2 Å². The van der Waals surface area contributed by atoms with E-state index in [4.69, 9.17) is 0 Å². The van der Waals surface area contributed by atoms with Crippen LogP contribution in [0.15, 0.2) is 17.1 Å². The summed E-state index contributed by atoms with van der Waals surface area (Å²) in [5.74, 6) is -1.71. The number of pyridine rings is 1. The summed E-state index contributed by atoms with van der Waals surface area (Å²) in [6.45, 7) is 5.07. The van der Waals surface area contributed by atoms with E-state index in [0.29, 0.717) is 37.1 Å². The number of aliphatic hydroxyl groups is 1. The van der Waals surface area contributed by atoms with Crippen molar-refractivity contribution in [1.82, 2.24) is 4.57 Å². The topological polar surface area (TPSA) is 82.8 Å². The highest BCUT2D eigenvalue weighted by Crippen LogP contribution is 2.41. The van der Waals surface area contributed by atoms with Gasteiger partial charge in [0, 0.05) is 42.2 Å². The molecule has 6 nitrogen and oxygen atoms in total. The van der Waals surface area contributed by atoms with E-state index in [1.54, 1.807) is 0 Å². The molecule has 1 saturated heterocycles.